The van der Waals surface area contributed by atoms with Crippen molar-refractivity contribution in [3.05, 3.63) is 51.9 Å². The molecule has 0 spiro atoms. The zero-order chi connectivity index (χ0) is 30.3. The Labute approximate surface area is 250 Å². The van der Waals surface area contributed by atoms with E-state index in [9.17, 15) is 26.7 Å². The molecule has 1 atom stereocenters. The van der Waals surface area contributed by atoms with E-state index in [1.165, 1.54) is 0 Å². The number of anilines is 1. The molecule has 3 aliphatic rings. The number of carbonyl (C=O) groups is 1. The summed E-state index contributed by atoms with van der Waals surface area (Å²) in [6.07, 6.45) is 1.26. The Hall–Kier alpha value is -2.62. The Morgan fingerprint density at radius 1 is 1.24 bits per heavy atom. The molecule has 1 aromatic carbocycles. The molecule has 11 nitrogen and oxygen atoms in total. The molecular weight excluding hydrogens is 601 g/mol. The maximum absolute atomic E-state index is 14.0. The Bertz CT molecular complexity index is 1660. The summed E-state index contributed by atoms with van der Waals surface area (Å²) < 4.78 is 64.0. The number of ketones is 1. The SMILES string of the molecule is CC(C)CC[C@]1(C)C(=O)C(C2=NS(=O)(=O)c3c(CNS(=O)(=O)CCN4CCOCC4)csc3N2)=C(O)c2ccccc21. The van der Waals surface area contributed by atoms with Gasteiger partial charge in [0.1, 0.15) is 21.2 Å². The molecule has 2 aromatic rings. The molecule has 14 heteroatoms. The Balaban J connectivity index is 1.40. The van der Waals surface area contributed by atoms with Gasteiger partial charge in [0.05, 0.1) is 24.4 Å². The highest BCUT2D eigenvalue weighted by atomic mass is 32.2. The minimum atomic E-state index is -4.33. The van der Waals surface area contributed by atoms with Gasteiger partial charge >= 0.3 is 0 Å². The number of benzene rings is 1. The minimum absolute atomic E-state index is 0.126. The van der Waals surface area contributed by atoms with E-state index in [1.807, 2.05) is 24.0 Å². The number of hydrogen-bond acceptors (Lipinski definition) is 10. The standard InChI is InChI=1S/C28H36N4O7S3/c1-18(2)8-9-28(3)21-7-5-4-6-20(21)23(33)22(25(28)34)26-30-27-24(42(37,38)31-26)19(17-40-27)16-29-41(35,36)15-12-32-10-13-39-14-11-32/h4-7,17-18,29,33H,8-16H2,1-3H3,(H,30,31)/t28-/m0/s1. The number of aliphatic hydroxyl groups excluding tert-OH is 1. The van der Waals surface area contributed by atoms with Gasteiger partial charge in [0, 0.05) is 37.3 Å². The maximum Gasteiger partial charge on any atom is 0.287 e. The number of Topliss-reactive ketones (excluding diaryl/α,β-unsaturated/α-hetero) is 1. The van der Waals surface area contributed by atoms with Crippen LogP contribution in [0.1, 0.15) is 50.3 Å². The molecule has 2 aliphatic heterocycles. The van der Waals surface area contributed by atoms with Gasteiger partial charge in [0.15, 0.2) is 11.6 Å². The smallest absolute Gasteiger partial charge is 0.287 e. The highest BCUT2D eigenvalue weighted by molar-refractivity contribution is 7.91. The maximum atomic E-state index is 14.0. The van der Waals surface area contributed by atoms with E-state index in [4.69, 9.17) is 4.74 Å². The zero-order valence-corrected chi connectivity index (χ0v) is 26.3. The Morgan fingerprint density at radius 2 is 1.95 bits per heavy atom. The predicted octanol–water partition coefficient (Wildman–Crippen LogP) is 3.26. The van der Waals surface area contributed by atoms with Crippen LogP contribution in [-0.2, 0) is 41.5 Å². The zero-order valence-electron chi connectivity index (χ0n) is 23.8. The van der Waals surface area contributed by atoms with Crippen molar-refractivity contribution < 1.29 is 31.5 Å². The second-order valence-corrected chi connectivity index (χ2v) is 15.8. The first-order valence-electron chi connectivity index (χ1n) is 13.9. The minimum Gasteiger partial charge on any atom is -0.506 e. The normalized spacial score (nSPS) is 22.5. The molecule has 1 fully saturated rings. The molecule has 3 N–H and O–H groups in total. The number of thiophene rings is 1. The van der Waals surface area contributed by atoms with Gasteiger partial charge in [-0.3, -0.25) is 9.69 Å². The fourth-order valence-corrected chi connectivity index (χ4v) is 9.09. The summed E-state index contributed by atoms with van der Waals surface area (Å²) in [6, 6.07) is 7.10. The molecule has 0 bridgehead atoms. The molecule has 42 heavy (non-hydrogen) atoms. The molecule has 1 saturated heterocycles. The highest BCUT2D eigenvalue weighted by Crippen LogP contribution is 2.45. The van der Waals surface area contributed by atoms with Crippen LogP contribution in [0.3, 0.4) is 0 Å². The average Bonchev–Trinajstić information content (AvgIpc) is 3.38. The number of hydrogen-bond donors (Lipinski definition) is 3. The number of rotatable bonds is 10. The number of nitrogens with one attached hydrogen (secondary N) is 2. The molecule has 0 amide bonds. The lowest BCUT2D eigenvalue weighted by atomic mass is 9.66. The molecule has 0 saturated carbocycles. The first-order valence-corrected chi connectivity index (χ1v) is 17.9. The van der Waals surface area contributed by atoms with Crippen LogP contribution in [-0.4, -0.2) is 77.1 Å². The predicted molar refractivity (Wildman–Crippen MR) is 163 cm³/mol. The molecule has 0 unspecified atom stereocenters. The van der Waals surface area contributed by atoms with Crippen LogP contribution in [0.2, 0.25) is 0 Å². The molecule has 3 heterocycles. The first kappa shape index (κ1) is 30.8. The average molecular weight is 637 g/mol. The second kappa shape index (κ2) is 11.8. The van der Waals surface area contributed by atoms with Crippen LogP contribution >= 0.6 is 11.3 Å². The monoisotopic (exact) mass is 636 g/mol. The summed E-state index contributed by atoms with van der Waals surface area (Å²) in [5.41, 5.74) is 0.241. The summed E-state index contributed by atoms with van der Waals surface area (Å²) in [7, 11) is -8.01. The van der Waals surface area contributed by atoms with E-state index >= 15 is 0 Å². The van der Waals surface area contributed by atoms with Crippen molar-refractivity contribution in [1.82, 2.24) is 9.62 Å². The number of morpholine rings is 1. The van der Waals surface area contributed by atoms with Crippen molar-refractivity contribution in [1.29, 1.82) is 0 Å². The number of fused-ring (bicyclic) bond motifs is 2. The van der Waals surface area contributed by atoms with Crippen molar-refractivity contribution in [2.75, 3.05) is 43.9 Å². The lowest BCUT2D eigenvalue weighted by Gasteiger charge is -2.36. The third kappa shape index (κ3) is 6.06. The van der Waals surface area contributed by atoms with Crippen molar-refractivity contribution in [3.63, 3.8) is 0 Å². The summed E-state index contributed by atoms with van der Waals surface area (Å²) in [4.78, 5) is 15.9. The third-order valence-electron chi connectivity index (χ3n) is 7.98. The number of amidine groups is 1. The second-order valence-electron chi connectivity index (χ2n) is 11.4. The van der Waals surface area contributed by atoms with E-state index in [1.54, 1.807) is 17.5 Å². The lowest BCUT2D eigenvalue weighted by molar-refractivity contribution is -0.120. The van der Waals surface area contributed by atoms with E-state index in [2.05, 4.69) is 28.3 Å². The molecule has 228 valence electrons. The van der Waals surface area contributed by atoms with Gasteiger partial charge in [-0.1, -0.05) is 38.1 Å². The number of aliphatic hydroxyl groups is 1. The molecular formula is C28H36N4O7S3. The van der Waals surface area contributed by atoms with Crippen LogP contribution in [0.15, 0.2) is 44.5 Å². The fourth-order valence-electron chi connectivity index (χ4n) is 5.47. The van der Waals surface area contributed by atoms with Crippen LogP contribution in [0.25, 0.3) is 5.76 Å². The first-order chi connectivity index (χ1) is 19.8. The number of nitrogens with zero attached hydrogens (tertiary/aromatic N) is 2. The van der Waals surface area contributed by atoms with Crippen LogP contribution in [0, 0.1) is 5.92 Å². The van der Waals surface area contributed by atoms with Crippen LogP contribution in [0.4, 0.5) is 5.00 Å². The highest BCUT2D eigenvalue weighted by Gasteiger charge is 2.46. The quantitative estimate of drug-likeness (QED) is 0.357. The molecule has 5 rings (SSSR count). The summed E-state index contributed by atoms with van der Waals surface area (Å²) in [6.45, 7) is 8.52. The van der Waals surface area contributed by atoms with Crippen LogP contribution in [0.5, 0.6) is 0 Å². The summed E-state index contributed by atoms with van der Waals surface area (Å²) in [5, 5.41) is 16.0. The van der Waals surface area contributed by atoms with Gasteiger partial charge < -0.3 is 15.2 Å². The number of ether oxygens (including phenoxy) is 1. The fraction of sp³-hybridized carbons (Fsp3) is 0.500. The largest absolute Gasteiger partial charge is 0.506 e. The summed E-state index contributed by atoms with van der Waals surface area (Å²) >= 11 is 1.07. The van der Waals surface area contributed by atoms with Crippen molar-refractivity contribution in [3.8, 4) is 0 Å². The van der Waals surface area contributed by atoms with Gasteiger partial charge in [0.2, 0.25) is 10.0 Å². The van der Waals surface area contributed by atoms with Crippen LogP contribution < -0.4 is 10.0 Å². The Kier molecular flexibility index (Phi) is 8.67. The molecule has 0 radical (unpaired) electrons. The number of carbonyl (C=O) groups excluding carboxylic acids is 1. The lowest BCUT2D eigenvalue weighted by Crippen LogP contribution is -2.42. The van der Waals surface area contributed by atoms with E-state index in [-0.39, 0.29) is 44.9 Å². The topological polar surface area (TPSA) is 154 Å². The Morgan fingerprint density at radius 3 is 2.67 bits per heavy atom. The van der Waals surface area contributed by atoms with E-state index in [0.717, 1.165) is 17.8 Å². The van der Waals surface area contributed by atoms with Crippen molar-refractivity contribution >= 4 is 53.8 Å². The van der Waals surface area contributed by atoms with E-state index in [0.29, 0.717) is 56.3 Å². The van der Waals surface area contributed by atoms with Crippen molar-refractivity contribution in [2.24, 2.45) is 10.3 Å². The third-order valence-corrected chi connectivity index (χ3v) is 11.8. The van der Waals surface area contributed by atoms with Gasteiger partial charge in [-0.25, -0.2) is 13.1 Å². The van der Waals surface area contributed by atoms with Gasteiger partial charge in [-0.15, -0.1) is 15.7 Å². The van der Waals surface area contributed by atoms with Gasteiger partial charge in [0.25, 0.3) is 10.0 Å². The molecule has 1 aliphatic carbocycles. The molecule has 1 aromatic heterocycles. The summed E-state index contributed by atoms with van der Waals surface area (Å²) in [5.74, 6) is -0.769. The number of sulfonamides is 2. The van der Waals surface area contributed by atoms with E-state index < -0.39 is 31.2 Å². The van der Waals surface area contributed by atoms with Gasteiger partial charge in [-0.05, 0) is 36.6 Å². The van der Waals surface area contributed by atoms with Gasteiger partial charge in [-0.2, -0.15) is 8.42 Å². The van der Waals surface area contributed by atoms with Crippen molar-refractivity contribution in [2.45, 2.75) is 50.5 Å².